The first kappa shape index (κ1) is 21.1. The molecule has 7 heteroatoms. The van der Waals surface area contributed by atoms with Crippen molar-refractivity contribution in [3.8, 4) is 11.5 Å². The SMILES string of the molecule is CN=C(NCCc1ccc2c(c1)OCO2)NC1CN(C(C)C)CC1C.I. The molecular weight excluding hydrogens is 443 g/mol. The van der Waals surface area contributed by atoms with Gasteiger partial charge in [-0.25, -0.2) is 0 Å². The van der Waals surface area contributed by atoms with E-state index >= 15 is 0 Å². The average molecular weight is 474 g/mol. The number of nitrogens with one attached hydrogen (secondary N) is 2. The standard InChI is InChI=1S/C19H30N4O2.HI/c1-13(2)23-10-14(3)16(11-23)22-19(20-4)21-8-7-15-5-6-17-18(9-15)25-12-24-17;/h5-6,9,13-14,16H,7-8,10-12H2,1-4H3,(H2,20,21,22);1H. The Hall–Kier alpha value is -1.22. The Kier molecular flexibility index (Phi) is 7.82. The summed E-state index contributed by atoms with van der Waals surface area (Å²) < 4.78 is 10.8. The van der Waals surface area contributed by atoms with Gasteiger partial charge < -0.3 is 20.1 Å². The van der Waals surface area contributed by atoms with Gasteiger partial charge in [0.2, 0.25) is 6.79 Å². The van der Waals surface area contributed by atoms with Crippen LogP contribution in [0.2, 0.25) is 0 Å². The lowest BCUT2D eigenvalue weighted by Crippen LogP contribution is -2.47. The Labute approximate surface area is 173 Å². The van der Waals surface area contributed by atoms with Crippen LogP contribution in [0.1, 0.15) is 26.3 Å². The molecule has 2 heterocycles. The largest absolute Gasteiger partial charge is 0.454 e. The van der Waals surface area contributed by atoms with Gasteiger partial charge in [-0.1, -0.05) is 13.0 Å². The van der Waals surface area contributed by atoms with Gasteiger partial charge in [0.25, 0.3) is 0 Å². The molecule has 0 bridgehead atoms. The average Bonchev–Trinajstić information content (AvgIpc) is 3.20. The number of hydrogen-bond acceptors (Lipinski definition) is 4. The van der Waals surface area contributed by atoms with Gasteiger partial charge in [0.15, 0.2) is 17.5 Å². The van der Waals surface area contributed by atoms with Crippen LogP contribution in [0.25, 0.3) is 0 Å². The van der Waals surface area contributed by atoms with Crippen LogP contribution in [0.4, 0.5) is 0 Å². The van der Waals surface area contributed by atoms with Crippen molar-refractivity contribution in [1.82, 2.24) is 15.5 Å². The Morgan fingerprint density at radius 3 is 2.73 bits per heavy atom. The van der Waals surface area contributed by atoms with Crippen molar-refractivity contribution in [3.05, 3.63) is 23.8 Å². The first-order chi connectivity index (χ1) is 12.1. The van der Waals surface area contributed by atoms with Crippen LogP contribution in [0.3, 0.4) is 0 Å². The second-order valence-electron chi connectivity index (χ2n) is 7.21. The van der Waals surface area contributed by atoms with Crippen LogP contribution in [0.5, 0.6) is 11.5 Å². The van der Waals surface area contributed by atoms with E-state index in [2.05, 4.69) is 53.4 Å². The summed E-state index contributed by atoms with van der Waals surface area (Å²) in [5, 5.41) is 7.01. The number of nitrogens with zero attached hydrogens (tertiary/aromatic N) is 2. The lowest BCUT2D eigenvalue weighted by Gasteiger charge is -2.22. The van der Waals surface area contributed by atoms with Gasteiger partial charge in [0.05, 0.1) is 0 Å². The van der Waals surface area contributed by atoms with Gasteiger partial charge in [0, 0.05) is 38.8 Å². The first-order valence-corrected chi connectivity index (χ1v) is 9.16. The highest BCUT2D eigenvalue weighted by molar-refractivity contribution is 14.0. The van der Waals surface area contributed by atoms with Crippen LogP contribution in [0, 0.1) is 5.92 Å². The first-order valence-electron chi connectivity index (χ1n) is 9.16. The number of halogens is 1. The summed E-state index contributed by atoms with van der Waals surface area (Å²) in [5.74, 6) is 3.17. The molecule has 1 fully saturated rings. The molecule has 0 saturated carbocycles. The molecule has 26 heavy (non-hydrogen) atoms. The maximum atomic E-state index is 5.43. The van der Waals surface area contributed by atoms with Crippen LogP contribution in [-0.2, 0) is 6.42 Å². The minimum Gasteiger partial charge on any atom is -0.454 e. The zero-order valence-corrected chi connectivity index (χ0v) is 18.4. The molecule has 3 rings (SSSR count). The van der Waals surface area contributed by atoms with E-state index in [1.165, 1.54) is 5.56 Å². The van der Waals surface area contributed by atoms with Crippen molar-refractivity contribution in [2.24, 2.45) is 10.9 Å². The molecule has 0 aromatic heterocycles. The van der Waals surface area contributed by atoms with Crippen LogP contribution < -0.4 is 20.1 Å². The molecule has 1 aromatic carbocycles. The van der Waals surface area contributed by atoms with E-state index < -0.39 is 0 Å². The van der Waals surface area contributed by atoms with Crippen molar-refractivity contribution >= 4 is 29.9 Å². The fourth-order valence-corrected chi connectivity index (χ4v) is 3.41. The van der Waals surface area contributed by atoms with Gasteiger partial charge in [-0.3, -0.25) is 9.89 Å². The van der Waals surface area contributed by atoms with E-state index in [-0.39, 0.29) is 24.0 Å². The van der Waals surface area contributed by atoms with E-state index in [1.54, 1.807) is 0 Å². The molecule has 0 amide bonds. The Morgan fingerprint density at radius 2 is 2.04 bits per heavy atom. The Morgan fingerprint density at radius 1 is 1.27 bits per heavy atom. The summed E-state index contributed by atoms with van der Waals surface area (Å²) >= 11 is 0. The molecule has 0 radical (unpaired) electrons. The van der Waals surface area contributed by atoms with E-state index in [4.69, 9.17) is 9.47 Å². The van der Waals surface area contributed by atoms with E-state index in [0.717, 1.165) is 43.5 Å². The lowest BCUT2D eigenvalue weighted by molar-refractivity contribution is 0.174. The van der Waals surface area contributed by atoms with Crippen LogP contribution in [-0.4, -0.2) is 56.4 Å². The second kappa shape index (κ2) is 9.64. The number of aliphatic imine (C=N–C) groups is 1. The summed E-state index contributed by atoms with van der Waals surface area (Å²) in [7, 11) is 1.83. The number of ether oxygens (including phenoxy) is 2. The number of rotatable bonds is 5. The summed E-state index contributed by atoms with van der Waals surface area (Å²) in [6.45, 7) is 10.2. The van der Waals surface area contributed by atoms with Gasteiger partial charge >= 0.3 is 0 Å². The predicted molar refractivity (Wildman–Crippen MR) is 116 cm³/mol. The zero-order valence-electron chi connectivity index (χ0n) is 16.1. The predicted octanol–water partition coefficient (Wildman–Crippen LogP) is 2.47. The van der Waals surface area contributed by atoms with Gasteiger partial charge in [0.1, 0.15) is 0 Å². The summed E-state index contributed by atoms with van der Waals surface area (Å²) in [5.41, 5.74) is 1.23. The third-order valence-corrected chi connectivity index (χ3v) is 5.06. The molecular formula is C19H31IN4O2. The van der Waals surface area contributed by atoms with Crippen molar-refractivity contribution < 1.29 is 9.47 Å². The fraction of sp³-hybridized carbons (Fsp3) is 0.632. The quantitative estimate of drug-likeness (QED) is 0.390. The molecule has 1 aromatic rings. The topological polar surface area (TPSA) is 58.1 Å². The minimum atomic E-state index is 0. The summed E-state index contributed by atoms with van der Waals surface area (Å²) in [6.07, 6.45) is 0.912. The van der Waals surface area contributed by atoms with Crippen LogP contribution >= 0.6 is 24.0 Å². The number of hydrogen-bond donors (Lipinski definition) is 2. The molecule has 2 unspecified atom stereocenters. The smallest absolute Gasteiger partial charge is 0.231 e. The third kappa shape index (κ3) is 5.16. The highest BCUT2D eigenvalue weighted by atomic mass is 127. The molecule has 1 saturated heterocycles. The maximum absolute atomic E-state index is 5.43. The van der Waals surface area contributed by atoms with Crippen molar-refractivity contribution in [2.45, 2.75) is 39.3 Å². The molecule has 2 aliphatic rings. The zero-order chi connectivity index (χ0) is 17.8. The Bertz CT molecular complexity index is 624. The third-order valence-electron chi connectivity index (χ3n) is 5.06. The molecule has 0 aliphatic carbocycles. The van der Waals surface area contributed by atoms with Crippen molar-refractivity contribution in [2.75, 3.05) is 33.5 Å². The monoisotopic (exact) mass is 474 g/mol. The molecule has 2 aliphatic heterocycles. The highest BCUT2D eigenvalue weighted by Crippen LogP contribution is 2.32. The van der Waals surface area contributed by atoms with Gasteiger partial charge in [-0.15, -0.1) is 24.0 Å². The minimum absolute atomic E-state index is 0. The van der Waals surface area contributed by atoms with E-state index in [9.17, 15) is 0 Å². The number of guanidine groups is 1. The molecule has 146 valence electrons. The van der Waals surface area contributed by atoms with Crippen molar-refractivity contribution in [1.29, 1.82) is 0 Å². The Balaban J connectivity index is 0.00000243. The maximum Gasteiger partial charge on any atom is 0.231 e. The number of benzene rings is 1. The molecule has 0 spiro atoms. The van der Waals surface area contributed by atoms with Gasteiger partial charge in [-0.2, -0.15) is 0 Å². The van der Waals surface area contributed by atoms with Crippen LogP contribution in [0.15, 0.2) is 23.2 Å². The van der Waals surface area contributed by atoms with Crippen molar-refractivity contribution in [3.63, 3.8) is 0 Å². The summed E-state index contributed by atoms with van der Waals surface area (Å²) in [4.78, 5) is 6.89. The summed E-state index contributed by atoms with van der Waals surface area (Å²) in [6, 6.07) is 7.16. The normalized spacial score (nSPS) is 22.4. The molecule has 6 nitrogen and oxygen atoms in total. The van der Waals surface area contributed by atoms with Gasteiger partial charge in [-0.05, 0) is 43.9 Å². The van der Waals surface area contributed by atoms with E-state index in [0.29, 0.717) is 24.8 Å². The lowest BCUT2D eigenvalue weighted by atomic mass is 10.1. The fourth-order valence-electron chi connectivity index (χ4n) is 3.41. The second-order valence-corrected chi connectivity index (χ2v) is 7.21. The highest BCUT2D eigenvalue weighted by Gasteiger charge is 2.31. The molecule has 2 atom stereocenters. The number of fused-ring (bicyclic) bond motifs is 1. The van der Waals surface area contributed by atoms with E-state index in [1.807, 2.05) is 13.1 Å². The molecule has 2 N–H and O–H groups in total. The number of likely N-dealkylation sites (tertiary alicyclic amines) is 1.